The van der Waals surface area contributed by atoms with E-state index in [1.54, 1.807) is 0 Å². The number of hydrogen-bond acceptors (Lipinski definition) is 1. The lowest BCUT2D eigenvalue weighted by atomic mass is 10.1. The summed E-state index contributed by atoms with van der Waals surface area (Å²) in [7, 11) is 0. The molecule has 0 amide bonds. The van der Waals surface area contributed by atoms with E-state index < -0.39 is 5.75 Å². The fourth-order valence-corrected chi connectivity index (χ4v) is 4.35. The number of benzene rings is 1. The minimum absolute atomic E-state index is 0.00654. The van der Waals surface area contributed by atoms with Crippen molar-refractivity contribution in [2.24, 2.45) is 0 Å². The molecule has 29 heavy (non-hydrogen) atoms. The van der Waals surface area contributed by atoms with Crippen LogP contribution in [-0.4, -0.2) is 30.7 Å². The molecule has 2 nitrogen and oxygen atoms in total. The number of hydrogen-bond donors (Lipinski definition) is 0. The van der Waals surface area contributed by atoms with Gasteiger partial charge < -0.3 is 9.59 Å². The summed E-state index contributed by atoms with van der Waals surface area (Å²) in [5.41, 5.74) is 0. The summed E-state index contributed by atoms with van der Waals surface area (Å²) in [5.74, 6) is -0.613. The van der Waals surface area contributed by atoms with E-state index in [1.165, 1.54) is 82.0 Å². The molecule has 0 bridgehead atoms. The molecular formula is C22H36Cl5NO. The van der Waals surface area contributed by atoms with Crippen molar-refractivity contribution in [3.63, 3.8) is 0 Å². The summed E-state index contributed by atoms with van der Waals surface area (Å²) in [6.45, 7) is 15.0. The van der Waals surface area contributed by atoms with Crippen LogP contribution in [0.15, 0.2) is 0 Å². The quantitative estimate of drug-likeness (QED) is 0.157. The van der Waals surface area contributed by atoms with Gasteiger partial charge in [0.2, 0.25) is 0 Å². The van der Waals surface area contributed by atoms with Crippen molar-refractivity contribution in [2.75, 3.05) is 26.2 Å². The summed E-state index contributed by atoms with van der Waals surface area (Å²) < 4.78 is 1.42. The molecule has 0 aromatic heterocycles. The van der Waals surface area contributed by atoms with Crippen LogP contribution in [0.25, 0.3) is 0 Å². The van der Waals surface area contributed by atoms with Crippen LogP contribution in [0.3, 0.4) is 0 Å². The Hall–Kier alpha value is 0.430. The topological polar surface area (TPSA) is 23.1 Å². The maximum absolute atomic E-state index is 11.1. The second kappa shape index (κ2) is 16.1. The Labute approximate surface area is 203 Å². The third kappa shape index (κ3) is 10.1. The molecule has 170 valence electrons. The van der Waals surface area contributed by atoms with E-state index in [9.17, 15) is 5.11 Å². The van der Waals surface area contributed by atoms with Gasteiger partial charge in [-0.3, -0.25) is 0 Å². The minimum Gasteiger partial charge on any atom is -0.870 e. The lowest BCUT2D eigenvalue weighted by Gasteiger charge is -2.39. The van der Waals surface area contributed by atoms with Crippen molar-refractivity contribution in [3.05, 3.63) is 25.1 Å². The Morgan fingerprint density at radius 2 is 0.759 bits per heavy atom. The first-order valence-corrected chi connectivity index (χ1v) is 12.6. The summed E-state index contributed by atoms with van der Waals surface area (Å²) in [4.78, 5) is 0. The molecule has 1 aromatic carbocycles. The van der Waals surface area contributed by atoms with Gasteiger partial charge in [-0.2, -0.15) is 0 Å². The van der Waals surface area contributed by atoms with Gasteiger partial charge in [-0.1, -0.05) is 117 Å². The van der Waals surface area contributed by atoms with Gasteiger partial charge in [0.15, 0.2) is 0 Å². The molecule has 0 spiro atoms. The summed E-state index contributed by atoms with van der Waals surface area (Å²) >= 11 is 27.7. The average Bonchev–Trinajstić information content (AvgIpc) is 2.74. The fraction of sp³-hybridized carbons (Fsp3) is 0.727. The first kappa shape index (κ1) is 29.4. The highest BCUT2D eigenvalue weighted by molar-refractivity contribution is 6.55. The molecule has 7 heteroatoms. The molecule has 0 aliphatic heterocycles. The molecule has 0 atom stereocenters. The average molecular weight is 508 g/mol. The molecule has 0 saturated heterocycles. The molecule has 0 aliphatic rings. The Bertz CT molecular complexity index is 453. The second-order valence-corrected chi connectivity index (χ2v) is 9.44. The van der Waals surface area contributed by atoms with Crippen LogP contribution in [0, 0.1) is 0 Å². The molecular weight excluding hydrogens is 472 g/mol. The van der Waals surface area contributed by atoms with Crippen molar-refractivity contribution in [3.8, 4) is 5.75 Å². The van der Waals surface area contributed by atoms with Gasteiger partial charge in [0, 0.05) is 0 Å². The smallest absolute Gasteiger partial charge is 0.0808 e. The van der Waals surface area contributed by atoms with E-state index in [0.29, 0.717) is 0 Å². The minimum atomic E-state index is -0.613. The second-order valence-electron chi connectivity index (χ2n) is 7.55. The standard InChI is InChI=1S/C16H36N.C6HCl5O/c1-5-9-13-17(14-10-6-2,15-11-7-3)16-12-8-4;7-1-2(8)4(10)6(12)5(11)3(1)9/h5-16H2,1-4H3;12H/q+1;/p-1. The molecule has 0 N–H and O–H groups in total. The van der Waals surface area contributed by atoms with Gasteiger partial charge >= 0.3 is 0 Å². The van der Waals surface area contributed by atoms with Gasteiger partial charge in [-0.15, -0.1) is 0 Å². The monoisotopic (exact) mass is 505 g/mol. The normalized spacial score (nSPS) is 11.3. The van der Waals surface area contributed by atoms with Crippen LogP contribution in [0.5, 0.6) is 5.75 Å². The first-order valence-electron chi connectivity index (χ1n) is 10.7. The van der Waals surface area contributed by atoms with Crippen molar-refractivity contribution in [1.82, 2.24) is 0 Å². The van der Waals surface area contributed by atoms with Crippen LogP contribution in [0.4, 0.5) is 0 Å². The number of nitrogens with zero attached hydrogens (tertiary/aromatic N) is 1. The van der Waals surface area contributed by atoms with E-state index in [2.05, 4.69) is 27.7 Å². The largest absolute Gasteiger partial charge is 0.870 e. The van der Waals surface area contributed by atoms with Crippen molar-refractivity contribution in [1.29, 1.82) is 0 Å². The third-order valence-electron chi connectivity index (χ3n) is 5.11. The molecule has 0 fully saturated rings. The number of rotatable bonds is 12. The SMILES string of the molecule is CCCC[N+](CCCC)(CCCC)CCCC.[O-]c1c(Cl)c(Cl)c(Cl)c(Cl)c1Cl. The zero-order valence-electron chi connectivity index (χ0n) is 18.2. The van der Waals surface area contributed by atoms with Crippen LogP contribution in [0.2, 0.25) is 25.1 Å². The van der Waals surface area contributed by atoms with Crippen LogP contribution < -0.4 is 5.11 Å². The zero-order valence-corrected chi connectivity index (χ0v) is 22.0. The molecule has 1 rings (SSSR count). The highest BCUT2D eigenvalue weighted by atomic mass is 35.5. The molecule has 0 unspecified atom stereocenters. The van der Waals surface area contributed by atoms with E-state index in [-0.39, 0.29) is 25.1 Å². The Balaban J connectivity index is 0.000000571. The van der Waals surface area contributed by atoms with E-state index in [1.807, 2.05) is 0 Å². The number of quaternary nitrogens is 1. The van der Waals surface area contributed by atoms with Gasteiger partial charge in [0.1, 0.15) is 0 Å². The van der Waals surface area contributed by atoms with Gasteiger partial charge in [-0.05, 0) is 25.7 Å². The van der Waals surface area contributed by atoms with E-state index in [4.69, 9.17) is 58.0 Å². The molecule has 0 saturated carbocycles. The Kier molecular flexibility index (Phi) is 16.4. The number of unbranched alkanes of at least 4 members (excludes halogenated alkanes) is 4. The van der Waals surface area contributed by atoms with Gasteiger partial charge in [0.25, 0.3) is 0 Å². The number of halogens is 5. The van der Waals surface area contributed by atoms with Crippen molar-refractivity contribution in [2.45, 2.75) is 79.1 Å². The predicted molar refractivity (Wildman–Crippen MR) is 130 cm³/mol. The summed E-state index contributed by atoms with van der Waals surface area (Å²) in [6, 6.07) is 0. The van der Waals surface area contributed by atoms with Crippen molar-refractivity contribution >= 4 is 58.0 Å². The Morgan fingerprint density at radius 3 is 1.00 bits per heavy atom. The summed E-state index contributed by atoms with van der Waals surface area (Å²) in [5, 5.41) is 10.5. The maximum Gasteiger partial charge on any atom is 0.0808 e. The van der Waals surface area contributed by atoms with Gasteiger partial charge in [0.05, 0.1) is 51.3 Å². The highest BCUT2D eigenvalue weighted by Crippen LogP contribution is 2.46. The van der Waals surface area contributed by atoms with Crippen LogP contribution in [-0.2, 0) is 0 Å². The fourth-order valence-electron chi connectivity index (χ4n) is 3.23. The van der Waals surface area contributed by atoms with Crippen molar-refractivity contribution < 1.29 is 9.59 Å². The van der Waals surface area contributed by atoms with Crippen LogP contribution in [0.1, 0.15) is 79.1 Å². The zero-order chi connectivity index (χ0) is 22.4. The lowest BCUT2D eigenvalue weighted by Crippen LogP contribution is -2.50. The molecule has 0 radical (unpaired) electrons. The molecule has 0 aliphatic carbocycles. The van der Waals surface area contributed by atoms with E-state index >= 15 is 0 Å². The third-order valence-corrected chi connectivity index (χ3v) is 7.36. The van der Waals surface area contributed by atoms with E-state index in [0.717, 1.165) is 0 Å². The van der Waals surface area contributed by atoms with Gasteiger partial charge in [-0.25, -0.2) is 0 Å². The van der Waals surface area contributed by atoms with Crippen LogP contribution >= 0.6 is 58.0 Å². The predicted octanol–water partition coefficient (Wildman–Crippen LogP) is 9.03. The maximum atomic E-state index is 11.1. The lowest BCUT2D eigenvalue weighted by molar-refractivity contribution is -0.929. The molecule has 0 heterocycles. The summed E-state index contributed by atoms with van der Waals surface area (Å²) in [6.07, 6.45) is 11.1. The first-order chi connectivity index (χ1) is 13.7. The Morgan fingerprint density at radius 1 is 0.517 bits per heavy atom. The highest BCUT2D eigenvalue weighted by Gasteiger charge is 2.24. The molecule has 1 aromatic rings.